The number of aromatic hydroxyl groups is 1. The molecule has 0 amide bonds. The molecule has 10 nitrogen and oxygen atoms in total. The Balaban J connectivity index is 1.09. The fraction of sp³-hybridized carbons (Fsp3) is 0.312. The number of phenolic OH excluding ortho intramolecular Hbond substituents is 1. The highest BCUT2D eigenvalue weighted by Gasteiger charge is 2.22. The number of nitrogens with zero attached hydrogens (tertiary/aromatic N) is 7. The molecule has 1 unspecified atom stereocenters. The topological polar surface area (TPSA) is 117 Å². The molecule has 6 rings (SSSR count). The Hall–Kier alpha value is -4.72. The van der Waals surface area contributed by atoms with Crippen molar-refractivity contribution in [1.29, 1.82) is 0 Å². The van der Waals surface area contributed by atoms with Crippen LogP contribution in [0, 0.1) is 11.8 Å². The Bertz CT molecular complexity index is 1570. The number of para-hydroxylation sites is 1. The zero-order valence-corrected chi connectivity index (χ0v) is 23.4. The van der Waals surface area contributed by atoms with Crippen molar-refractivity contribution in [2.24, 2.45) is 0 Å². The van der Waals surface area contributed by atoms with E-state index in [-0.39, 0.29) is 11.9 Å². The van der Waals surface area contributed by atoms with Crippen LogP contribution in [0.25, 0.3) is 11.3 Å². The van der Waals surface area contributed by atoms with E-state index in [1.165, 1.54) is 5.56 Å². The second kappa shape index (κ2) is 12.9. The fourth-order valence-corrected chi connectivity index (χ4v) is 5.39. The van der Waals surface area contributed by atoms with Crippen LogP contribution < -0.4 is 15.5 Å². The SMILES string of the molecule is Nc1nnc(-c2ccccc2O)cc1N1CCCN(c2ccnc(C#CCN3CCOC(c4ccccc4)C3)n2)CC1. The predicted octanol–water partition coefficient (Wildman–Crippen LogP) is 3.36. The van der Waals surface area contributed by atoms with Crippen LogP contribution in [0.3, 0.4) is 0 Å². The highest BCUT2D eigenvalue weighted by Crippen LogP contribution is 2.32. The zero-order chi connectivity index (χ0) is 28.7. The van der Waals surface area contributed by atoms with Crippen LogP contribution in [0.5, 0.6) is 5.75 Å². The van der Waals surface area contributed by atoms with Crippen LogP contribution in [-0.4, -0.2) is 82.6 Å². The summed E-state index contributed by atoms with van der Waals surface area (Å²) in [6, 6.07) is 21.3. The molecule has 0 saturated carbocycles. The van der Waals surface area contributed by atoms with Crippen LogP contribution in [0.4, 0.5) is 17.3 Å². The molecule has 0 bridgehead atoms. The normalized spacial score (nSPS) is 17.8. The molecule has 2 fully saturated rings. The molecule has 2 saturated heterocycles. The molecule has 0 aliphatic carbocycles. The Kier molecular flexibility index (Phi) is 8.40. The standard InChI is InChI=1S/C32H34N8O2/c33-32-27(22-26(36-37-32)25-10-4-5-11-28(25)41)39-16-7-17-40(19-18-39)31-13-14-34-30(35-31)12-6-15-38-20-21-42-29(23-38)24-8-2-1-3-9-24/h1-5,8-11,13-14,22,29,41H,7,15-21,23H2,(H2,33,37). The second-order valence-electron chi connectivity index (χ2n) is 10.4. The number of hydrogen-bond donors (Lipinski definition) is 2. The van der Waals surface area contributed by atoms with E-state index in [0.29, 0.717) is 36.1 Å². The van der Waals surface area contributed by atoms with E-state index in [1.807, 2.05) is 42.5 Å². The quantitative estimate of drug-likeness (QED) is 0.351. The molecule has 2 aromatic carbocycles. The Morgan fingerprint density at radius 1 is 0.929 bits per heavy atom. The summed E-state index contributed by atoms with van der Waals surface area (Å²) in [4.78, 5) is 16.0. The van der Waals surface area contributed by atoms with Gasteiger partial charge in [-0.1, -0.05) is 48.4 Å². The summed E-state index contributed by atoms with van der Waals surface area (Å²) in [7, 11) is 0. The summed E-state index contributed by atoms with van der Waals surface area (Å²) in [5.41, 5.74) is 9.48. The maximum atomic E-state index is 10.3. The molecule has 42 heavy (non-hydrogen) atoms. The van der Waals surface area contributed by atoms with E-state index in [2.05, 4.69) is 53.9 Å². The molecule has 10 heteroatoms. The number of nitrogens with two attached hydrogens (primary N) is 1. The van der Waals surface area contributed by atoms with Gasteiger partial charge in [0.15, 0.2) is 5.82 Å². The lowest BCUT2D eigenvalue weighted by Crippen LogP contribution is -2.38. The van der Waals surface area contributed by atoms with E-state index in [4.69, 9.17) is 15.5 Å². The third kappa shape index (κ3) is 6.43. The van der Waals surface area contributed by atoms with Crippen LogP contribution in [0.2, 0.25) is 0 Å². The number of hydrogen-bond acceptors (Lipinski definition) is 10. The van der Waals surface area contributed by atoms with Gasteiger partial charge in [-0.25, -0.2) is 9.97 Å². The maximum Gasteiger partial charge on any atom is 0.206 e. The molecule has 2 aromatic heterocycles. The van der Waals surface area contributed by atoms with Crippen molar-refractivity contribution in [2.45, 2.75) is 12.5 Å². The van der Waals surface area contributed by atoms with Crippen molar-refractivity contribution in [2.75, 3.05) is 68.0 Å². The third-order valence-corrected chi connectivity index (χ3v) is 7.61. The van der Waals surface area contributed by atoms with Gasteiger partial charge in [-0.05, 0) is 42.2 Å². The fourth-order valence-electron chi connectivity index (χ4n) is 5.39. The molecular weight excluding hydrogens is 528 g/mol. The Morgan fingerprint density at radius 3 is 2.62 bits per heavy atom. The number of aromatic nitrogens is 4. The lowest BCUT2D eigenvalue weighted by molar-refractivity contribution is -0.0253. The van der Waals surface area contributed by atoms with Crippen molar-refractivity contribution < 1.29 is 9.84 Å². The van der Waals surface area contributed by atoms with Crippen molar-refractivity contribution in [3.63, 3.8) is 0 Å². The third-order valence-electron chi connectivity index (χ3n) is 7.61. The number of benzene rings is 2. The summed E-state index contributed by atoms with van der Waals surface area (Å²) >= 11 is 0. The van der Waals surface area contributed by atoms with Crippen LogP contribution in [-0.2, 0) is 4.74 Å². The van der Waals surface area contributed by atoms with E-state index in [9.17, 15) is 5.11 Å². The number of ether oxygens (including phenoxy) is 1. The van der Waals surface area contributed by atoms with Gasteiger partial charge >= 0.3 is 0 Å². The molecule has 0 radical (unpaired) electrons. The molecule has 4 heterocycles. The largest absolute Gasteiger partial charge is 0.507 e. The second-order valence-corrected chi connectivity index (χ2v) is 10.4. The molecule has 3 N–H and O–H groups in total. The van der Waals surface area contributed by atoms with Gasteiger partial charge in [0.05, 0.1) is 30.6 Å². The van der Waals surface area contributed by atoms with Crippen molar-refractivity contribution in [1.82, 2.24) is 25.1 Å². The highest BCUT2D eigenvalue weighted by atomic mass is 16.5. The predicted molar refractivity (Wildman–Crippen MR) is 163 cm³/mol. The summed E-state index contributed by atoms with van der Waals surface area (Å²) in [5.74, 6) is 8.35. The first-order valence-electron chi connectivity index (χ1n) is 14.3. The van der Waals surface area contributed by atoms with E-state index in [1.54, 1.807) is 18.3 Å². The Morgan fingerprint density at radius 2 is 1.74 bits per heavy atom. The van der Waals surface area contributed by atoms with Gasteiger partial charge in [-0.2, -0.15) is 0 Å². The average molecular weight is 563 g/mol. The molecule has 2 aliphatic rings. The number of nitrogen functional groups attached to an aromatic ring is 1. The van der Waals surface area contributed by atoms with Crippen LogP contribution >= 0.6 is 0 Å². The first-order chi connectivity index (χ1) is 20.6. The smallest absolute Gasteiger partial charge is 0.206 e. The number of phenols is 1. The first-order valence-corrected chi connectivity index (χ1v) is 14.3. The molecule has 0 spiro atoms. The van der Waals surface area contributed by atoms with Gasteiger partial charge in [0.2, 0.25) is 5.82 Å². The van der Waals surface area contributed by atoms with Gasteiger partial charge in [-0.15, -0.1) is 10.2 Å². The van der Waals surface area contributed by atoms with Crippen LogP contribution in [0.1, 0.15) is 23.9 Å². The van der Waals surface area contributed by atoms with E-state index in [0.717, 1.165) is 57.2 Å². The monoisotopic (exact) mass is 562 g/mol. The summed E-state index contributed by atoms with van der Waals surface area (Å²) in [6.07, 6.45) is 2.76. The van der Waals surface area contributed by atoms with E-state index >= 15 is 0 Å². The van der Waals surface area contributed by atoms with Gasteiger partial charge in [0.1, 0.15) is 11.6 Å². The molecule has 1 atom stereocenters. The highest BCUT2D eigenvalue weighted by molar-refractivity contribution is 5.74. The number of rotatable bonds is 5. The van der Waals surface area contributed by atoms with Crippen LogP contribution in [0.15, 0.2) is 72.9 Å². The van der Waals surface area contributed by atoms with Crippen molar-refractivity contribution >= 4 is 17.3 Å². The van der Waals surface area contributed by atoms with Crippen molar-refractivity contribution in [3.05, 3.63) is 84.3 Å². The minimum Gasteiger partial charge on any atom is -0.507 e. The molecule has 2 aliphatic heterocycles. The van der Waals surface area contributed by atoms with Gasteiger partial charge in [0, 0.05) is 51.0 Å². The zero-order valence-electron chi connectivity index (χ0n) is 23.4. The minimum absolute atomic E-state index is 0.0688. The van der Waals surface area contributed by atoms with Gasteiger partial charge in [-0.3, -0.25) is 4.90 Å². The summed E-state index contributed by atoms with van der Waals surface area (Å²) in [5, 5.41) is 18.7. The summed E-state index contributed by atoms with van der Waals surface area (Å²) in [6.45, 7) is 6.16. The number of anilines is 3. The maximum absolute atomic E-state index is 10.3. The molecular formula is C32H34N8O2. The minimum atomic E-state index is 0.0688. The lowest BCUT2D eigenvalue weighted by Gasteiger charge is -2.31. The first kappa shape index (κ1) is 27.4. The van der Waals surface area contributed by atoms with Gasteiger partial charge in [0.25, 0.3) is 0 Å². The van der Waals surface area contributed by atoms with E-state index < -0.39 is 0 Å². The molecule has 214 valence electrons. The molecule has 4 aromatic rings. The lowest BCUT2D eigenvalue weighted by atomic mass is 10.1. The summed E-state index contributed by atoms with van der Waals surface area (Å²) < 4.78 is 5.98. The van der Waals surface area contributed by atoms with Gasteiger partial charge < -0.3 is 25.4 Å². The number of morpholine rings is 1. The van der Waals surface area contributed by atoms with Crippen molar-refractivity contribution in [3.8, 4) is 28.8 Å². The Labute approximate surface area is 245 Å². The average Bonchev–Trinajstić information content (AvgIpc) is 3.29.